The number of anilines is 1. The average molecular weight is 589 g/mol. The number of fused-ring (bicyclic) bond motifs is 1. The summed E-state index contributed by atoms with van der Waals surface area (Å²) in [6, 6.07) is 9.75. The van der Waals surface area contributed by atoms with Gasteiger partial charge >= 0.3 is 0 Å². The molecule has 11 heteroatoms. The van der Waals surface area contributed by atoms with Crippen LogP contribution in [0.3, 0.4) is 0 Å². The van der Waals surface area contributed by atoms with E-state index in [1.165, 1.54) is 17.5 Å². The van der Waals surface area contributed by atoms with Gasteiger partial charge in [-0.05, 0) is 74.4 Å². The number of carbonyl (C=O) groups excluding carboxylic acids is 2. The maximum absolute atomic E-state index is 12.9. The summed E-state index contributed by atoms with van der Waals surface area (Å²) >= 11 is 0. The lowest BCUT2D eigenvalue weighted by molar-refractivity contribution is -0.133. The van der Waals surface area contributed by atoms with E-state index in [4.69, 9.17) is 9.15 Å². The largest absolute Gasteiger partial charge is 0.486 e. The number of pyridine rings is 1. The number of amides is 2. The van der Waals surface area contributed by atoms with Crippen molar-refractivity contribution in [3.8, 4) is 5.75 Å². The Morgan fingerprint density at radius 2 is 1.93 bits per heavy atom. The third-order valence-corrected chi connectivity index (χ3v) is 8.56. The summed E-state index contributed by atoms with van der Waals surface area (Å²) in [7, 11) is 0. The molecule has 1 aliphatic carbocycles. The van der Waals surface area contributed by atoms with E-state index in [0.717, 1.165) is 75.5 Å². The molecule has 228 valence electrons. The van der Waals surface area contributed by atoms with E-state index >= 15 is 0 Å². The number of aliphatic hydroxyl groups excluding tert-OH is 1. The van der Waals surface area contributed by atoms with Crippen molar-refractivity contribution in [3.63, 3.8) is 0 Å². The molecular weight excluding hydrogens is 548 g/mol. The number of nitrogens with one attached hydrogen (secondary N) is 2. The summed E-state index contributed by atoms with van der Waals surface area (Å²) in [5.41, 5.74) is 3.78. The Morgan fingerprint density at radius 1 is 1.09 bits per heavy atom. The fraction of sp³-hybridized carbons (Fsp3) is 0.500. The minimum Gasteiger partial charge on any atom is -0.486 e. The Balaban J connectivity index is 0.928. The molecule has 0 bridgehead atoms. The zero-order valence-electron chi connectivity index (χ0n) is 24.6. The fourth-order valence-electron chi connectivity index (χ4n) is 5.81. The molecule has 2 aliphatic heterocycles. The predicted molar refractivity (Wildman–Crippen MR) is 160 cm³/mol. The van der Waals surface area contributed by atoms with E-state index in [1.807, 2.05) is 17.9 Å². The molecular formula is C32H40N6O5. The third kappa shape index (κ3) is 7.52. The third-order valence-electron chi connectivity index (χ3n) is 8.56. The van der Waals surface area contributed by atoms with Crippen molar-refractivity contribution >= 4 is 17.6 Å². The number of ether oxygens (including phenoxy) is 1. The molecule has 0 radical (unpaired) electrons. The van der Waals surface area contributed by atoms with Gasteiger partial charge in [0, 0.05) is 63.0 Å². The summed E-state index contributed by atoms with van der Waals surface area (Å²) in [6.45, 7) is 5.92. The van der Waals surface area contributed by atoms with Gasteiger partial charge in [-0.2, -0.15) is 0 Å². The Hall–Kier alpha value is -3.96. The standard InChI is InChI=1S/C32H40N6O5/c1-21-29(43-20-35-21)19-42-28-5-4-25-17-37(11-7-23(25)14-28)18-27(39)16-34-31(40)24-6-10-33-30(15-24)36-26-8-12-38(13-9-26)32(41)22-2-3-22/h4-6,10,14-15,20,22,26-27,39H,2-3,7-9,11-13,16-19H2,1H3,(H,33,36)(H,34,40)/t27-/m0/s1. The maximum Gasteiger partial charge on any atom is 0.251 e. The van der Waals surface area contributed by atoms with E-state index in [1.54, 1.807) is 18.3 Å². The molecule has 2 fully saturated rings. The molecule has 1 saturated carbocycles. The van der Waals surface area contributed by atoms with Gasteiger partial charge in [0.05, 0.1) is 11.8 Å². The number of rotatable bonds is 11. The summed E-state index contributed by atoms with van der Waals surface area (Å²) in [5.74, 6) is 2.48. The highest BCUT2D eigenvalue weighted by Crippen LogP contribution is 2.32. The maximum atomic E-state index is 12.9. The minimum atomic E-state index is -0.693. The quantitative estimate of drug-likeness (QED) is 0.309. The zero-order valence-corrected chi connectivity index (χ0v) is 24.6. The van der Waals surface area contributed by atoms with Gasteiger partial charge < -0.3 is 29.8 Å². The van der Waals surface area contributed by atoms with E-state index in [9.17, 15) is 14.7 Å². The van der Waals surface area contributed by atoms with Crippen LogP contribution in [-0.4, -0.2) is 81.6 Å². The SMILES string of the molecule is Cc1ncoc1COc1ccc2c(c1)CCN(C[C@@H](O)CNC(=O)c1ccnc(NC3CCN(C(=O)C4CC4)CC3)c1)C2. The minimum absolute atomic E-state index is 0.161. The number of aromatic nitrogens is 2. The lowest BCUT2D eigenvalue weighted by Crippen LogP contribution is -2.43. The molecule has 6 rings (SSSR count). The van der Waals surface area contributed by atoms with Crippen molar-refractivity contribution in [1.82, 2.24) is 25.1 Å². The molecule has 3 aliphatic rings. The van der Waals surface area contributed by atoms with Crippen LogP contribution in [0.5, 0.6) is 5.75 Å². The number of piperidine rings is 1. The first kappa shape index (κ1) is 29.1. The van der Waals surface area contributed by atoms with Crippen molar-refractivity contribution in [1.29, 1.82) is 0 Å². The van der Waals surface area contributed by atoms with Crippen molar-refractivity contribution in [3.05, 3.63) is 71.1 Å². The molecule has 1 aromatic carbocycles. The smallest absolute Gasteiger partial charge is 0.251 e. The van der Waals surface area contributed by atoms with Crippen LogP contribution >= 0.6 is 0 Å². The number of aryl methyl sites for hydroxylation is 1. The molecule has 2 amide bonds. The van der Waals surface area contributed by atoms with E-state index in [2.05, 4.69) is 37.6 Å². The van der Waals surface area contributed by atoms with Crippen LogP contribution in [0.4, 0.5) is 5.82 Å². The zero-order chi connectivity index (χ0) is 29.8. The first-order chi connectivity index (χ1) is 20.9. The molecule has 0 spiro atoms. The molecule has 43 heavy (non-hydrogen) atoms. The highest BCUT2D eigenvalue weighted by Gasteiger charge is 2.35. The fourth-order valence-corrected chi connectivity index (χ4v) is 5.81. The first-order valence-electron chi connectivity index (χ1n) is 15.2. The number of nitrogens with zero attached hydrogens (tertiary/aromatic N) is 4. The van der Waals surface area contributed by atoms with Gasteiger partial charge in [-0.1, -0.05) is 6.07 Å². The first-order valence-corrected chi connectivity index (χ1v) is 15.2. The molecule has 3 aromatic rings. The second-order valence-corrected chi connectivity index (χ2v) is 11.9. The predicted octanol–water partition coefficient (Wildman–Crippen LogP) is 2.92. The van der Waals surface area contributed by atoms with Crippen LogP contribution in [0.2, 0.25) is 0 Å². The van der Waals surface area contributed by atoms with Gasteiger partial charge in [0.2, 0.25) is 5.91 Å². The number of aliphatic hydroxyl groups is 1. The van der Waals surface area contributed by atoms with Crippen molar-refractivity contribution in [2.45, 2.75) is 64.3 Å². The number of hydrogen-bond donors (Lipinski definition) is 3. The van der Waals surface area contributed by atoms with E-state index in [0.29, 0.717) is 30.4 Å². The van der Waals surface area contributed by atoms with Gasteiger partial charge in [-0.15, -0.1) is 0 Å². The molecule has 0 unspecified atom stereocenters. The lowest BCUT2D eigenvalue weighted by Gasteiger charge is -2.32. The highest BCUT2D eigenvalue weighted by atomic mass is 16.5. The second-order valence-electron chi connectivity index (χ2n) is 11.9. The van der Waals surface area contributed by atoms with Gasteiger partial charge in [0.25, 0.3) is 5.91 Å². The Labute approximate surface area is 251 Å². The molecule has 2 aromatic heterocycles. The molecule has 11 nitrogen and oxygen atoms in total. The summed E-state index contributed by atoms with van der Waals surface area (Å²) in [4.78, 5) is 37.8. The van der Waals surface area contributed by atoms with Crippen LogP contribution in [0.15, 0.2) is 47.3 Å². The second kappa shape index (κ2) is 13.1. The van der Waals surface area contributed by atoms with Crippen LogP contribution in [-0.2, 0) is 24.4 Å². The van der Waals surface area contributed by atoms with Crippen LogP contribution < -0.4 is 15.4 Å². The topological polar surface area (TPSA) is 133 Å². The summed E-state index contributed by atoms with van der Waals surface area (Å²) in [5, 5.41) is 17.0. The normalized spacial score (nSPS) is 18.1. The van der Waals surface area contributed by atoms with E-state index < -0.39 is 6.10 Å². The lowest BCUT2D eigenvalue weighted by atomic mass is 9.99. The van der Waals surface area contributed by atoms with Crippen molar-refractivity contribution < 1.29 is 23.8 Å². The number of oxazole rings is 1. The van der Waals surface area contributed by atoms with Crippen LogP contribution in [0, 0.1) is 12.8 Å². The highest BCUT2D eigenvalue weighted by molar-refractivity contribution is 5.94. The van der Waals surface area contributed by atoms with Gasteiger partial charge in [-0.3, -0.25) is 14.5 Å². The number of β-amino-alcohol motifs (C(OH)–C–C–N with tert-alkyl or cyclic N) is 1. The van der Waals surface area contributed by atoms with Gasteiger partial charge in [0.15, 0.2) is 12.2 Å². The molecule has 4 heterocycles. The Kier molecular flexibility index (Phi) is 8.90. The van der Waals surface area contributed by atoms with Crippen molar-refractivity contribution in [2.24, 2.45) is 5.92 Å². The summed E-state index contributed by atoms with van der Waals surface area (Å²) < 4.78 is 11.2. The molecule has 3 N–H and O–H groups in total. The van der Waals surface area contributed by atoms with Gasteiger partial charge in [-0.25, -0.2) is 9.97 Å². The molecule has 1 atom stereocenters. The number of hydrogen-bond acceptors (Lipinski definition) is 9. The monoisotopic (exact) mass is 588 g/mol. The Bertz CT molecular complexity index is 1430. The summed E-state index contributed by atoms with van der Waals surface area (Å²) in [6.07, 6.45) is 7.00. The van der Waals surface area contributed by atoms with Crippen molar-refractivity contribution in [2.75, 3.05) is 38.0 Å². The number of likely N-dealkylation sites (tertiary alicyclic amines) is 1. The van der Waals surface area contributed by atoms with Crippen LogP contribution in [0.25, 0.3) is 0 Å². The van der Waals surface area contributed by atoms with E-state index in [-0.39, 0.29) is 24.4 Å². The van der Waals surface area contributed by atoms with Crippen LogP contribution in [0.1, 0.15) is 58.6 Å². The Morgan fingerprint density at radius 3 is 2.70 bits per heavy atom. The number of benzene rings is 1. The molecule has 1 saturated heterocycles. The average Bonchev–Trinajstić information content (AvgIpc) is 3.80. The van der Waals surface area contributed by atoms with Gasteiger partial charge in [0.1, 0.15) is 18.2 Å². The number of carbonyl (C=O) groups is 2.